The van der Waals surface area contributed by atoms with Gasteiger partial charge in [0.05, 0.1) is 5.41 Å². The van der Waals surface area contributed by atoms with Gasteiger partial charge in [0.15, 0.2) is 0 Å². The molecule has 0 heterocycles. The summed E-state index contributed by atoms with van der Waals surface area (Å²) < 4.78 is 0. The number of carboxylic acid groups (broad SMARTS) is 1. The van der Waals surface area contributed by atoms with Gasteiger partial charge in [-0.1, -0.05) is 37.6 Å². The van der Waals surface area contributed by atoms with E-state index in [1.165, 1.54) is 11.1 Å². The van der Waals surface area contributed by atoms with Crippen LogP contribution in [-0.2, 0) is 11.2 Å². The molecule has 0 amide bonds. The van der Waals surface area contributed by atoms with Gasteiger partial charge >= 0.3 is 5.97 Å². The average Bonchev–Trinajstić information content (AvgIpc) is 2.34. The fraction of sp³-hybridized carbons (Fsp3) is 0.533. The first-order valence-electron chi connectivity index (χ1n) is 6.64. The third kappa shape index (κ3) is 2.15. The number of rotatable bonds is 6. The van der Waals surface area contributed by atoms with Gasteiger partial charge in [0.25, 0.3) is 0 Å². The van der Waals surface area contributed by atoms with Gasteiger partial charge in [-0.2, -0.15) is 0 Å². The number of aliphatic carboxylic acids is 1. The van der Waals surface area contributed by atoms with Crippen molar-refractivity contribution in [2.75, 3.05) is 6.54 Å². The highest BCUT2D eigenvalue weighted by molar-refractivity contribution is 5.75. The smallest absolute Gasteiger partial charge is 0.310 e. The Morgan fingerprint density at radius 1 is 1.50 bits per heavy atom. The number of nitrogens with two attached hydrogens (primary N) is 1. The van der Waals surface area contributed by atoms with Crippen molar-refractivity contribution in [2.24, 2.45) is 11.1 Å². The fourth-order valence-electron chi connectivity index (χ4n) is 3.06. The lowest BCUT2D eigenvalue weighted by Gasteiger charge is -2.37. The third-order valence-corrected chi connectivity index (χ3v) is 4.17. The molecule has 3 N–H and O–H groups in total. The Bertz CT molecular complexity index is 444. The monoisotopic (exact) mass is 247 g/mol. The van der Waals surface area contributed by atoms with Crippen molar-refractivity contribution < 1.29 is 9.90 Å². The molecule has 0 bridgehead atoms. The number of fused-ring (bicyclic) bond motifs is 1. The first-order chi connectivity index (χ1) is 8.63. The Morgan fingerprint density at radius 2 is 2.22 bits per heavy atom. The van der Waals surface area contributed by atoms with Gasteiger partial charge in [0.1, 0.15) is 0 Å². The molecule has 18 heavy (non-hydrogen) atoms. The number of hydrogen-bond donors (Lipinski definition) is 2. The van der Waals surface area contributed by atoms with Gasteiger partial charge in [-0.15, -0.1) is 0 Å². The van der Waals surface area contributed by atoms with Crippen molar-refractivity contribution in [3.05, 3.63) is 35.4 Å². The lowest BCUT2D eigenvalue weighted by Crippen LogP contribution is -2.41. The van der Waals surface area contributed by atoms with Gasteiger partial charge in [0.2, 0.25) is 0 Å². The molecule has 98 valence electrons. The van der Waals surface area contributed by atoms with Crippen molar-refractivity contribution in [1.82, 2.24) is 0 Å². The minimum atomic E-state index is -0.743. The molecule has 1 aromatic carbocycles. The first-order valence-corrected chi connectivity index (χ1v) is 6.64. The third-order valence-electron chi connectivity index (χ3n) is 4.17. The quantitative estimate of drug-likeness (QED) is 0.812. The fourth-order valence-corrected chi connectivity index (χ4v) is 3.06. The Balaban J connectivity index is 2.15. The lowest BCUT2D eigenvalue weighted by molar-refractivity contribution is -0.149. The van der Waals surface area contributed by atoms with E-state index < -0.39 is 11.4 Å². The molecule has 3 heteroatoms. The Hall–Kier alpha value is -1.35. The summed E-state index contributed by atoms with van der Waals surface area (Å²) >= 11 is 0. The zero-order valence-electron chi connectivity index (χ0n) is 10.9. The average molecular weight is 247 g/mol. The van der Waals surface area contributed by atoms with Gasteiger partial charge in [-0.05, 0) is 36.3 Å². The molecule has 0 saturated carbocycles. The van der Waals surface area contributed by atoms with Crippen molar-refractivity contribution in [2.45, 2.75) is 38.5 Å². The zero-order chi connectivity index (χ0) is 13.2. The van der Waals surface area contributed by atoms with E-state index in [0.717, 1.165) is 12.8 Å². The summed E-state index contributed by atoms with van der Waals surface area (Å²) in [6.07, 6.45) is 3.19. The van der Waals surface area contributed by atoms with E-state index >= 15 is 0 Å². The van der Waals surface area contributed by atoms with Crippen molar-refractivity contribution in [1.29, 1.82) is 0 Å². The maximum Gasteiger partial charge on any atom is 0.310 e. The molecular weight excluding hydrogens is 226 g/mol. The van der Waals surface area contributed by atoms with Crippen LogP contribution in [0.2, 0.25) is 0 Å². The number of benzene rings is 1. The highest BCUT2D eigenvalue weighted by Gasteiger charge is 2.41. The topological polar surface area (TPSA) is 63.3 Å². The number of hydrogen-bond acceptors (Lipinski definition) is 2. The normalized spacial score (nSPS) is 20.7. The molecule has 2 rings (SSSR count). The second-order valence-electron chi connectivity index (χ2n) is 5.34. The van der Waals surface area contributed by atoms with Crippen LogP contribution >= 0.6 is 0 Å². The Morgan fingerprint density at radius 3 is 2.78 bits per heavy atom. The van der Waals surface area contributed by atoms with Crippen molar-refractivity contribution >= 4 is 5.97 Å². The predicted octanol–water partition coefficient (Wildman–Crippen LogP) is 2.55. The van der Waals surface area contributed by atoms with E-state index in [1.807, 2.05) is 19.1 Å². The van der Waals surface area contributed by atoms with E-state index in [-0.39, 0.29) is 6.54 Å². The standard InChI is InChI=1S/C15H21NO2/c1-2-7-15(10-16,14(17)18)9-12-8-11-5-3-4-6-13(11)12/h3-6,12H,2,7-10,16H2,1H3,(H,17,18). The van der Waals surface area contributed by atoms with Crippen LogP contribution in [0, 0.1) is 5.41 Å². The van der Waals surface area contributed by atoms with Crippen LogP contribution in [0.3, 0.4) is 0 Å². The van der Waals surface area contributed by atoms with E-state index in [0.29, 0.717) is 18.8 Å². The zero-order valence-corrected chi connectivity index (χ0v) is 10.9. The second kappa shape index (κ2) is 5.11. The number of carbonyl (C=O) groups is 1. The van der Waals surface area contributed by atoms with Crippen LogP contribution in [0.15, 0.2) is 24.3 Å². The summed E-state index contributed by atoms with van der Waals surface area (Å²) in [7, 11) is 0. The highest BCUT2D eigenvalue weighted by atomic mass is 16.4. The molecule has 0 saturated heterocycles. The molecule has 0 aromatic heterocycles. The van der Waals surface area contributed by atoms with Crippen molar-refractivity contribution in [3.63, 3.8) is 0 Å². The maximum atomic E-state index is 11.5. The minimum Gasteiger partial charge on any atom is -0.481 e. The van der Waals surface area contributed by atoms with Gasteiger partial charge in [-0.3, -0.25) is 4.79 Å². The molecule has 1 aromatic rings. The second-order valence-corrected chi connectivity index (χ2v) is 5.34. The summed E-state index contributed by atoms with van der Waals surface area (Å²) in [5, 5.41) is 9.49. The van der Waals surface area contributed by atoms with Crippen LogP contribution in [-0.4, -0.2) is 17.6 Å². The Kier molecular flexibility index (Phi) is 3.71. The van der Waals surface area contributed by atoms with Crippen LogP contribution in [0.1, 0.15) is 43.2 Å². The molecule has 1 aliphatic rings. The van der Waals surface area contributed by atoms with E-state index in [1.54, 1.807) is 0 Å². The molecular formula is C15H21NO2. The molecule has 3 nitrogen and oxygen atoms in total. The minimum absolute atomic E-state index is 0.231. The first kappa shape index (κ1) is 13.1. The van der Waals surface area contributed by atoms with Crippen LogP contribution in [0.25, 0.3) is 0 Å². The Labute approximate surface area is 108 Å². The van der Waals surface area contributed by atoms with Crippen LogP contribution < -0.4 is 5.73 Å². The summed E-state index contributed by atoms with van der Waals surface area (Å²) in [6, 6.07) is 8.29. The van der Waals surface area contributed by atoms with Crippen molar-refractivity contribution in [3.8, 4) is 0 Å². The molecule has 0 spiro atoms. The molecule has 1 aliphatic carbocycles. The molecule has 2 atom stereocenters. The number of carboxylic acids is 1. The lowest BCUT2D eigenvalue weighted by atomic mass is 9.67. The SMILES string of the molecule is CCCC(CN)(CC1Cc2ccccc21)C(=O)O. The highest BCUT2D eigenvalue weighted by Crippen LogP contribution is 2.44. The summed E-state index contributed by atoms with van der Waals surface area (Å²) in [6.45, 7) is 2.25. The van der Waals surface area contributed by atoms with Gasteiger partial charge < -0.3 is 10.8 Å². The summed E-state index contributed by atoms with van der Waals surface area (Å²) in [5.41, 5.74) is 7.69. The maximum absolute atomic E-state index is 11.5. The largest absolute Gasteiger partial charge is 0.481 e. The van der Waals surface area contributed by atoms with Crippen LogP contribution in [0.4, 0.5) is 0 Å². The van der Waals surface area contributed by atoms with Crippen LogP contribution in [0.5, 0.6) is 0 Å². The molecule has 2 unspecified atom stereocenters. The van der Waals surface area contributed by atoms with Gasteiger partial charge in [0, 0.05) is 6.54 Å². The molecule has 0 aliphatic heterocycles. The molecule has 0 radical (unpaired) electrons. The van der Waals surface area contributed by atoms with Gasteiger partial charge in [-0.25, -0.2) is 0 Å². The summed E-state index contributed by atoms with van der Waals surface area (Å²) in [5.74, 6) is -0.372. The van der Waals surface area contributed by atoms with E-state index in [2.05, 4.69) is 12.1 Å². The molecule has 0 fully saturated rings. The van der Waals surface area contributed by atoms with E-state index in [9.17, 15) is 9.90 Å². The summed E-state index contributed by atoms with van der Waals surface area (Å²) in [4.78, 5) is 11.5. The van der Waals surface area contributed by atoms with E-state index in [4.69, 9.17) is 5.73 Å². The predicted molar refractivity (Wildman–Crippen MR) is 71.5 cm³/mol.